The Morgan fingerprint density at radius 2 is 2.18 bits per heavy atom. The van der Waals surface area contributed by atoms with Crippen LogP contribution in [0, 0.1) is 0 Å². The number of nitrogens with one attached hydrogen (secondary N) is 1. The number of benzene rings is 1. The van der Waals surface area contributed by atoms with Crippen LogP contribution in [0.2, 0.25) is 0 Å². The molecule has 0 spiro atoms. The first-order chi connectivity index (χ1) is 8.42. The summed E-state index contributed by atoms with van der Waals surface area (Å²) >= 11 is 1.65. The molecule has 4 nitrogen and oxygen atoms in total. The van der Waals surface area contributed by atoms with Gasteiger partial charge in [0.2, 0.25) is 0 Å². The van der Waals surface area contributed by atoms with Crippen molar-refractivity contribution in [3.05, 3.63) is 48.0 Å². The van der Waals surface area contributed by atoms with E-state index in [9.17, 15) is 0 Å². The highest BCUT2D eigenvalue weighted by molar-refractivity contribution is 7.16. The summed E-state index contributed by atoms with van der Waals surface area (Å²) in [6.07, 6.45) is 3.31. The molecule has 0 radical (unpaired) electrons. The zero-order valence-electron chi connectivity index (χ0n) is 9.00. The van der Waals surface area contributed by atoms with Gasteiger partial charge in [0, 0.05) is 11.9 Å². The maximum absolute atomic E-state index is 4.25. The van der Waals surface area contributed by atoms with Crippen molar-refractivity contribution in [1.82, 2.24) is 15.0 Å². The van der Waals surface area contributed by atoms with Gasteiger partial charge >= 0.3 is 0 Å². The van der Waals surface area contributed by atoms with Gasteiger partial charge in [-0.25, -0.2) is 15.0 Å². The Balaban J connectivity index is 1.76. The van der Waals surface area contributed by atoms with Crippen LogP contribution in [0.4, 0.5) is 5.69 Å². The monoisotopic (exact) mass is 242 g/mol. The van der Waals surface area contributed by atoms with E-state index in [4.69, 9.17) is 0 Å². The summed E-state index contributed by atoms with van der Waals surface area (Å²) in [6.45, 7) is 0.701. The molecule has 17 heavy (non-hydrogen) atoms. The molecule has 0 atom stereocenters. The summed E-state index contributed by atoms with van der Waals surface area (Å²) in [7, 11) is 0. The Morgan fingerprint density at radius 1 is 1.18 bits per heavy atom. The van der Waals surface area contributed by atoms with Gasteiger partial charge < -0.3 is 5.32 Å². The van der Waals surface area contributed by atoms with E-state index in [1.54, 1.807) is 23.9 Å². The van der Waals surface area contributed by atoms with Crippen LogP contribution in [-0.2, 0) is 6.54 Å². The number of hydrogen-bond acceptors (Lipinski definition) is 5. The van der Waals surface area contributed by atoms with Gasteiger partial charge in [0.15, 0.2) is 0 Å². The molecule has 0 aliphatic rings. The van der Waals surface area contributed by atoms with Crippen LogP contribution in [-0.4, -0.2) is 15.0 Å². The van der Waals surface area contributed by atoms with E-state index in [0.29, 0.717) is 6.54 Å². The Kier molecular flexibility index (Phi) is 2.67. The van der Waals surface area contributed by atoms with E-state index in [2.05, 4.69) is 26.3 Å². The largest absolute Gasteiger partial charge is 0.379 e. The van der Waals surface area contributed by atoms with Crippen molar-refractivity contribution in [2.45, 2.75) is 6.54 Å². The topological polar surface area (TPSA) is 50.7 Å². The van der Waals surface area contributed by atoms with Crippen LogP contribution < -0.4 is 5.32 Å². The van der Waals surface area contributed by atoms with Gasteiger partial charge in [0.1, 0.15) is 6.33 Å². The smallest absolute Gasteiger partial charge is 0.115 e. The number of thiazole rings is 1. The summed E-state index contributed by atoms with van der Waals surface area (Å²) in [6, 6.07) is 8.06. The lowest BCUT2D eigenvalue weighted by molar-refractivity contribution is 1.01. The SMILES string of the molecule is c1cc(CNc2ccc3ncsc3c2)ncn1. The summed E-state index contributed by atoms with van der Waals surface area (Å²) in [4.78, 5) is 12.3. The Morgan fingerprint density at radius 3 is 3.06 bits per heavy atom. The molecule has 2 aromatic heterocycles. The summed E-state index contributed by atoms with van der Waals surface area (Å²) in [5, 5.41) is 3.33. The van der Waals surface area contributed by atoms with Crippen molar-refractivity contribution < 1.29 is 0 Å². The lowest BCUT2D eigenvalue weighted by atomic mass is 10.3. The highest BCUT2D eigenvalue weighted by Crippen LogP contribution is 2.21. The van der Waals surface area contributed by atoms with Crippen LogP contribution in [0.15, 0.2) is 42.3 Å². The highest BCUT2D eigenvalue weighted by atomic mass is 32.1. The lowest BCUT2D eigenvalue weighted by Crippen LogP contribution is -2.01. The zero-order chi connectivity index (χ0) is 11.5. The molecule has 5 heteroatoms. The molecule has 84 valence electrons. The zero-order valence-corrected chi connectivity index (χ0v) is 9.81. The first-order valence-electron chi connectivity index (χ1n) is 5.24. The fourth-order valence-electron chi connectivity index (χ4n) is 1.58. The molecule has 0 saturated heterocycles. The van der Waals surface area contributed by atoms with Gasteiger partial charge in [-0.1, -0.05) is 0 Å². The fraction of sp³-hybridized carbons (Fsp3) is 0.0833. The number of anilines is 1. The Bertz CT molecular complexity index is 620. The molecule has 0 amide bonds. The first kappa shape index (κ1) is 10.2. The second kappa shape index (κ2) is 4.47. The van der Waals surface area contributed by atoms with E-state index in [-0.39, 0.29) is 0 Å². The minimum absolute atomic E-state index is 0.701. The predicted octanol–water partition coefficient (Wildman–Crippen LogP) is 2.70. The third-order valence-electron chi connectivity index (χ3n) is 2.45. The van der Waals surface area contributed by atoms with E-state index < -0.39 is 0 Å². The molecule has 3 aromatic rings. The van der Waals surface area contributed by atoms with Gasteiger partial charge in [-0.05, 0) is 24.3 Å². The van der Waals surface area contributed by atoms with Gasteiger partial charge in [-0.3, -0.25) is 0 Å². The number of aromatic nitrogens is 3. The second-order valence-corrected chi connectivity index (χ2v) is 4.48. The van der Waals surface area contributed by atoms with Gasteiger partial charge in [0.25, 0.3) is 0 Å². The molecule has 2 heterocycles. The van der Waals surface area contributed by atoms with Crippen LogP contribution in [0.5, 0.6) is 0 Å². The van der Waals surface area contributed by atoms with Crippen molar-refractivity contribution in [2.24, 2.45) is 0 Å². The number of hydrogen-bond donors (Lipinski definition) is 1. The second-order valence-electron chi connectivity index (χ2n) is 3.59. The molecular weight excluding hydrogens is 232 g/mol. The molecule has 0 aliphatic carbocycles. The molecule has 1 N–H and O–H groups in total. The van der Waals surface area contributed by atoms with E-state index in [1.807, 2.05) is 23.7 Å². The van der Waals surface area contributed by atoms with Crippen molar-refractivity contribution >= 4 is 27.2 Å². The van der Waals surface area contributed by atoms with Crippen LogP contribution in [0.1, 0.15) is 5.69 Å². The van der Waals surface area contributed by atoms with Gasteiger partial charge in [-0.15, -0.1) is 11.3 Å². The van der Waals surface area contributed by atoms with Crippen molar-refractivity contribution in [3.63, 3.8) is 0 Å². The van der Waals surface area contributed by atoms with E-state index in [1.165, 1.54) is 4.70 Å². The molecule has 0 saturated carbocycles. The Hall–Kier alpha value is -2.01. The van der Waals surface area contributed by atoms with Crippen LogP contribution in [0.25, 0.3) is 10.2 Å². The average Bonchev–Trinajstić information content (AvgIpc) is 2.85. The number of rotatable bonds is 3. The third kappa shape index (κ3) is 2.24. The summed E-state index contributed by atoms with van der Waals surface area (Å²) in [5.41, 5.74) is 4.96. The molecule has 0 aliphatic heterocycles. The number of nitrogens with zero attached hydrogens (tertiary/aromatic N) is 3. The Labute approximate surface area is 102 Å². The molecule has 0 unspecified atom stereocenters. The van der Waals surface area contributed by atoms with Crippen LogP contribution in [0.3, 0.4) is 0 Å². The first-order valence-corrected chi connectivity index (χ1v) is 6.12. The van der Waals surface area contributed by atoms with E-state index in [0.717, 1.165) is 16.9 Å². The highest BCUT2D eigenvalue weighted by Gasteiger charge is 1.99. The molecule has 3 rings (SSSR count). The van der Waals surface area contributed by atoms with Gasteiger partial charge in [-0.2, -0.15) is 0 Å². The lowest BCUT2D eigenvalue weighted by Gasteiger charge is -2.05. The number of fused-ring (bicyclic) bond motifs is 1. The minimum Gasteiger partial charge on any atom is -0.379 e. The molecule has 0 bridgehead atoms. The van der Waals surface area contributed by atoms with E-state index >= 15 is 0 Å². The predicted molar refractivity (Wildman–Crippen MR) is 69.0 cm³/mol. The van der Waals surface area contributed by atoms with Crippen molar-refractivity contribution in [3.8, 4) is 0 Å². The van der Waals surface area contributed by atoms with Crippen LogP contribution >= 0.6 is 11.3 Å². The maximum atomic E-state index is 4.25. The van der Waals surface area contributed by atoms with Crippen molar-refractivity contribution in [1.29, 1.82) is 0 Å². The normalized spacial score (nSPS) is 10.6. The standard InChI is InChI=1S/C12H10N4S/c1-2-11-12(17-8-16-11)5-9(1)14-6-10-3-4-13-7-15-10/h1-5,7-8,14H,6H2. The van der Waals surface area contributed by atoms with Gasteiger partial charge in [0.05, 0.1) is 28.0 Å². The maximum Gasteiger partial charge on any atom is 0.115 e. The minimum atomic E-state index is 0.701. The molecular formula is C12H10N4S. The molecule has 0 fully saturated rings. The average molecular weight is 242 g/mol. The molecule has 1 aromatic carbocycles. The quantitative estimate of drug-likeness (QED) is 0.767. The summed E-state index contributed by atoms with van der Waals surface area (Å²) < 4.78 is 1.19. The third-order valence-corrected chi connectivity index (χ3v) is 3.24. The van der Waals surface area contributed by atoms with Crippen molar-refractivity contribution in [2.75, 3.05) is 5.32 Å². The fourth-order valence-corrected chi connectivity index (χ4v) is 2.30. The summed E-state index contributed by atoms with van der Waals surface area (Å²) in [5.74, 6) is 0.